The summed E-state index contributed by atoms with van der Waals surface area (Å²) >= 11 is 1.90. The number of aliphatic hydroxyl groups is 2. The van der Waals surface area contributed by atoms with Crippen molar-refractivity contribution in [2.45, 2.75) is 25.4 Å². The molecule has 2 N–H and O–H groups in total. The van der Waals surface area contributed by atoms with Crippen molar-refractivity contribution in [3.05, 3.63) is 65.4 Å². The van der Waals surface area contributed by atoms with Gasteiger partial charge in [0, 0.05) is 35.2 Å². The smallest absolute Gasteiger partial charge is 0.192 e. The molecule has 0 fully saturated rings. The Bertz CT molecular complexity index is 1120. The molecule has 0 aliphatic heterocycles. The van der Waals surface area contributed by atoms with Crippen LogP contribution in [0.3, 0.4) is 0 Å². The summed E-state index contributed by atoms with van der Waals surface area (Å²) in [5, 5.41) is 19.8. The third-order valence-electron chi connectivity index (χ3n) is 5.80. The summed E-state index contributed by atoms with van der Waals surface area (Å²) in [6.45, 7) is 8.57. The van der Waals surface area contributed by atoms with Gasteiger partial charge < -0.3 is 22.6 Å². The third-order valence-corrected chi connectivity index (χ3v) is 6.31. The molecule has 1 aliphatic rings. The van der Waals surface area contributed by atoms with Gasteiger partial charge >= 0.3 is 0 Å². The first-order valence-corrected chi connectivity index (χ1v) is 10.3. The fourth-order valence-electron chi connectivity index (χ4n) is 4.40. The summed E-state index contributed by atoms with van der Waals surface area (Å²) in [5.41, 5.74) is 6.41. The molecule has 0 saturated carbocycles. The Morgan fingerprint density at radius 2 is 1.90 bits per heavy atom. The maximum absolute atomic E-state index is 9.59. The highest BCUT2D eigenvalue weighted by Gasteiger charge is 2.38. The van der Waals surface area contributed by atoms with Crippen molar-refractivity contribution in [3.63, 3.8) is 0 Å². The molecule has 0 radical (unpaired) electrons. The molecular formula is C23H24INO4. The van der Waals surface area contributed by atoms with Gasteiger partial charge in [-0.25, -0.2) is 0 Å². The molecule has 4 rings (SSSR count). The molecule has 6 heteroatoms. The van der Waals surface area contributed by atoms with E-state index in [1.165, 1.54) is 11.3 Å². The lowest BCUT2D eigenvalue weighted by Gasteiger charge is -2.35. The second-order valence-corrected chi connectivity index (χ2v) is 8.44. The van der Waals surface area contributed by atoms with Gasteiger partial charge in [-0.3, -0.25) is 0 Å². The predicted octanol–water partition coefficient (Wildman–Crippen LogP) is 4.34. The number of hydrogen-bond acceptors (Lipinski definition) is 4. The Morgan fingerprint density at radius 3 is 2.59 bits per heavy atom. The van der Waals surface area contributed by atoms with Crippen LogP contribution in [0.15, 0.2) is 43.0 Å². The average molecular weight is 505 g/mol. The molecule has 1 heterocycles. The average Bonchev–Trinajstić information content (AvgIpc) is 3.03. The second-order valence-electron chi connectivity index (χ2n) is 8.00. The number of aryl methyl sites for hydroxylation is 1. The molecule has 0 amide bonds. The maximum Gasteiger partial charge on any atom is 0.192 e. The predicted molar refractivity (Wildman–Crippen MR) is 123 cm³/mol. The number of rotatable bonds is 5. The number of aromatic nitrogens is 1. The van der Waals surface area contributed by atoms with Gasteiger partial charge in [0.05, 0.1) is 12.1 Å². The van der Waals surface area contributed by atoms with E-state index < -0.39 is 6.10 Å². The lowest BCUT2D eigenvalue weighted by atomic mass is 9.70. The highest BCUT2D eigenvalue weighted by Crippen LogP contribution is 2.50. The van der Waals surface area contributed by atoms with E-state index in [4.69, 9.17) is 12.9 Å². The van der Waals surface area contributed by atoms with Crippen molar-refractivity contribution in [2.75, 3.05) is 13.2 Å². The minimum atomic E-state index is -0.895. The molecule has 2 aromatic carbocycles. The molecule has 1 atom stereocenters. The van der Waals surface area contributed by atoms with E-state index in [0.29, 0.717) is 5.75 Å². The molecule has 0 unspecified atom stereocenters. The van der Waals surface area contributed by atoms with Gasteiger partial charge in [0.15, 0.2) is 23.0 Å². The zero-order chi connectivity index (χ0) is 20.9. The molecule has 0 bridgehead atoms. The van der Waals surface area contributed by atoms with Gasteiger partial charge in [-0.2, -0.15) is 0 Å². The molecular weight excluding hydrogens is 481 g/mol. The van der Waals surface area contributed by atoms with E-state index in [1.807, 2.05) is 47.3 Å². The Balaban J connectivity index is 1.87. The van der Waals surface area contributed by atoms with E-state index in [9.17, 15) is 5.11 Å². The summed E-state index contributed by atoms with van der Waals surface area (Å²) < 4.78 is 13.3. The first kappa shape index (κ1) is 20.3. The van der Waals surface area contributed by atoms with Crippen LogP contribution in [0.4, 0.5) is 0 Å². The molecule has 0 spiro atoms. The van der Waals surface area contributed by atoms with Crippen molar-refractivity contribution in [1.29, 1.82) is 0 Å². The van der Waals surface area contributed by atoms with Gasteiger partial charge in [-0.05, 0) is 41.0 Å². The van der Waals surface area contributed by atoms with Crippen LogP contribution in [0.25, 0.3) is 16.5 Å². The standard InChI is InChI=1S/C23H24INO4/c1-13-17-7-5-15(28-12-14(27)11-26)9-19(17)23(2,3)22-21(13)18-8-6-16(29-24)10-20(18)25(22)4/h5-10,14,26-27H,1,11-12H2,2-4H3/t14-/m1/s1. The van der Waals surface area contributed by atoms with Crippen LogP contribution in [0.5, 0.6) is 11.5 Å². The minimum Gasteiger partial charge on any atom is -0.491 e. The lowest BCUT2D eigenvalue weighted by Crippen LogP contribution is -2.29. The van der Waals surface area contributed by atoms with E-state index in [2.05, 4.69) is 44.2 Å². The molecule has 0 saturated heterocycles. The zero-order valence-electron chi connectivity index (χ0n) is 16.7. The van der Waals surface area contributed by atoms with Gasteiger partial charge in [0.1, 0.15) is 24.2 Å². The molecule has 152 valence electrons. The van der Waals surface area contributed by atoms with Crippen molar-refractivity contribution in [1.82, 2.24) is 4.57 Å². The molecule has 1 aliphatic carbocycles. The fourth-order valence-corrected chi connectivity index (χ4v) is 4.68. The number of halogens is 1. The summed E-state index contributed by atoms with van der Waals surface area (Å²) in [6, 6.07) is 12.1. The Kier molecular flexibility index (Phi) is 5.13. The van der Waals surface area contributed by atoms with Crippen molar-refractivity contribution < 1.29 is 18.0 Å². The van der Waals surface area contributed by atoms with Crippen molar-refractivity contribution in [2.24, 2.45) is 7.05 Å². The van der Waals surface area contributed by atoms with Crippen LogP contribution in [-0.2, 0) is 12.5 Å². The first-order chi connectivity index (χ1) is 13.8. The quantitative estimate of drug-likeness (QED) is 0.507. The van der Waals surface area contributed by atoms with Crippen LogP contribution in [0.2, 0.25) is 0 Å². The van der Waals surface area contributed by atoms with Gasteiger partial charge in [-0.1, -0.05) is 26.5 Å². The minimum absolute atomic E-state index is 0.0506. The third kappa shape index (κ3) is 3.14. The number of aliphatic hydroxyl groups excluding tert-OH is 2. The summed E-state index contributed by atoms with van der Waals surface area (Å²) in [7, 11) is 2.08. The molecule has 29 heavy (non-hydrogen) atoms. The molecule has 1 aromatic heterocycles. The zero-order valence-corrected chi connectivity index (χ0v) is 18.9. The van der Waals surface area contributed by atoms with E-state index in [0.717, 1.165) is 33.4 Å². The number of nitrogens with zero attached hydrogens (tertiary/aromatic N) is 1. The van der Waals surface area contributed by atoms with E-state index >= 15 is 0 Å². The highest BCUT2D eigenvalue weighted by atomic mass is 127. The Morgan fingerprint density at radius 1 is 1.17 bits per heavy atom. The number of benzene rings is 2. The topological polar surface area (TPSA) is 63.9 Å². The number of hydrogen-bond donors (Lipinski definition) is 2. The van der Waals surface area contributed by atoms with Crippen molar-refractivity contribution >= 4 is 39.5 Å². The van der Waals surface area contributed by atoms with E-state index in [-0.39, 0.29) is 18.6 Å². The van der Waals surface area contributed by atoms with Gasteiger partial charge in [-0.15, -0.1) is 0 Å². The van der Waals surface area contributed by atoms with E-state index in [1.54, 1.807) is 0 Å². The van der Waals surface area contributed by atoms with Crippen LogP contribution < -0.4 is 7.80 Å². The van der Waals surface area contributed by atoms with Gasteiger partial charge in [0.2, 0.25) is 0 Å². The van der Waals surface area contributed by atoms with Gasteiger partial charge in [0.25, 0.3) is 0 Å². The summed E-state index contributed by atoms with van der Waals surface area (Å²) in [5.74, 6) is 1.48. The summed E-state index contributed by atoms with van der Waals surface area (Å²) in [4.78, 5) is 0. The normalized spacial score (nSPS) is 15.7. The summed E-state index contributed by atoms with van der Waals surface area (Å²) in [6.07, 6.45) is -0.895. The lowest BCUT2D eigenvalue weighted by molar-refractivity contribution is 0.0535. The van der Waals surface area contributed by atoms with Crippen LogP contribution in [0.1, 0.15) is 36.2 Å². The van der Waals surface area contributed by atoms with Crippen LogP contribution in [-0.4, -0.2) is 34.1 Å². The Labute approximate surface area is 184 Å². The highest BCUT2D eigenvalue weighted by molar-refractivity contribution is 14.1. The van der Waals surface area contributed by atoms with Crippen LogP contribution in [0, 0.1) is 0 Å². The van der Waals surface area contributed by atoms with Crippen LogP contribution >= 0.6 is 23.0 Å². The maximum atomic E-state index is 9.59. The monoisotopic (exact) mass is 505 g/mol. The molecule has 5 nitrogen and oxygen atoms in total. The largest absolute Gasteiger partial charge is 0.491 e. The first-order valence-electron chi connectivity index (χ1n) is 9.47. The SMILES string of the molecule is C=C1c2ccc(OC[C@H](O)CO)cc2C(C)(C)c2c1c1ccc(OI)cc1n2C. The fraction of sp³-hybridized carbons (Fsp3) is 0.304. The van der Waals surface area contributed by atoms with Crippen molar-refractivity contribution in [3.8, 4) is 11.5 Å². The second kappa shape index (κ2) is 7.34. The molecule has 3 aromatic rings. The number of ether oxygens (including phenoxy) is 1. The number of fused-ring (bicyclic) bond motifs is 4. The Hall–Kier alpha value is -2.03.